The van der Waals surface area contributed by atoms with Crippen molar-refractivity contribution in [3.63, 3.8) is 0 Å². The number of nitrogens with zero attached hydrogens (tertiary/aromatic N) is 2. The zero-order valence-corrected chi connectivity index (χ0v) is 14.4. The van der Waals surface area contributed by atoms with E-state index in [2.05, 4.69) is 4.47 Å². The Hall–Kier alpha value is -2.47. The highest BCUT2D eigenvalue weighted by molar-refractivity contribution is 7.93. The van der Waals surface area contributed by atoms with E-state index in [1.165, 1.54) is 0 Å². The monoisotopic (exact) mass is 342 g/mol. The molecule has 1 aliphatic rings. The molecule has 0 aliphatic carbocycles. The number of carbonyl (C=O) groups is 2. The molecule has 1 heterocycles. The van der Waals surface area contributed by atoms with Gasteiger partial charge < -0.3 is 0 Å². The standard InChI is InChI=1S/C18H18N2O3S/c1-3-12-24(23,14-10-8-13(2)9-11-14)19-20-17(21)15-6-4-5-7-16(15)18(20)22/h4-11H,3,12H2,1-2H3. The van der Waals surface area contributed by atoms with Gasteiger partial charge >= 0.3 is 0 Å². The van der Waals surface area contributed by atoms with Crippen LogP contribution in [0, 0.1) is 6.92 Å². The summed E-state index contributed by atoms with van der Waals surface area (Å²) in [6.45, 7) is 3.83. The van der Waals surface area contributed by atoms with Crippen LogP contribution in [0.25, 0.3) is 0 Å². The van der Waals surface area contributed by atoms with Crippen molar-refractivity contribution in [3.05, 3.63) is 65.2 Å². The molecule has 1 aliphatic heterocycles. The molecule has 0 fully saturated rings. The molecule has 0 spiro atoms. The molecule has 0 N–H and O–H groups in total. The number of amides is 2. The van der Waals surface area contributed by atoms with E-state index >= 15 is 0 Å². The summed E-state index contributed by atoms with van der Waals surface area (Å²) in [6, 6.07) is 13.7. The van der Waals surface area contributed by atoms with E-state index in [1.54, 1.807) is 36.4 Å². The van der Waals surface area contributed by atoms with E-state index < -0.39 is 21.5 Å². The number of fused-ring (bicyclic) bond motifs is 1. The van der Waals surface area contributed by atoms with E-state index in [0.717, 1.165) is 10.6 Å². The normalized spacial score (nSPS) is 16.0. The van der Waals surface area contributed by atoms with Crippen molar-refractivity contribution in [1.82, 2.24) is 5.01 Å². The SMILES string of the molecule is CCCS(=O)(=NN1C(=O)c2ccccc2C1=O)c1ccc(C)cc1. The zero-order valence-electron chi connectivity index (χ0n) is 13.6. The van der Waals surface area contributed by atoms with Gasteiger partial charge in [0.15, 0.2) is 0 Å². The smallest absolute Gasteiger partial charge is 0.267 e. The van der Waals surface area contributed by atoms with Crippen LogP contribution in [0.15, 0.2) is 57.9 Å². The molecular formula is C18H18N2O3S. The lowest BCUT2D eigenvalue weighted by Crippen LogP contribution is -2.26. The summed E-state index contributed by atoms with van der Waals surface area (Å²) in [6.07, 6.45) is 0.624. The molecule has 5 nitrogen and oxygen atoms in total. The number of hydrogen-bond acceptors (Lipinski definition) is 4. The van der Waals surface area contributed by atoms with Gasteiger partial charge in [0, 0.05) is 10.6 Å². The number of rotatable bonds is 4. The van der Waals surface area contributed by atoms with E-state index in [4.69, 9.17) is 0 Å². The van der Waals surface area contributed by atoms with Crippen LogP contribution in [0.4, 0.5) is 0 Å². The molecule has 0 bridgehead atoms. The molecular weight excluding hydrogens is 324 g/mol. The zero-order chi connectivity index (χ0) is 17.3. The lowest BCUT2D eigenvalue weighted by Gasteiger charge is -2.14. The maximum absolute atomic E-state index is 13.4. The molecule has 1 atom stereocenters. The largest absolute Gasteiger partial charge is 0.282 e. The van der Waals surface area contributed by atoms with Crippen LogP contribution in [0.5, 0.6) is 0 Å². The van der Waals surface area contributed by atoms with Crippen molar-refractivity contribution >= 4 is 21.5 Å². The summed E-state index contributed by atoms with van der Waals surface area (Å²) >= 11 is 0. The molecule has 0 aromatic heterocycles. The lowest BCUT2D eigenvalue weighted by molar-refractivity contribution is 0.0661. The Kier molecular flexibility index (Phi) is 4.24. The van der Waals surface area contributed by atoms with E-state index in [0.29, 0.717) is 22.4 Å². The fourth-order valence-corrected chi connectivity index (χ4v) is 4.55. The maximum Gasteiger partial charge on any atom is 0.282 e. The minimum Gasteiger partial charge on any atom is -0.267 e. The Labute approximate surface area is 141 Å². The van der Waals surface area contributed by atoms with Crippen LogP contribution in [-0.2, 0) is 9.73 Å². The Morgan fingerprint density at radius 1 is 0.958 bits per heavy atom. The molecule has 2 aromatic rings. The Morgan fingerprint density at radius 3 is 2.00 bits per heavy atom. The molecule has 3 rings (SSSR count). The topological polar surface area (TPSA) is 66.8 Å². The number of carbonyl (C=O) groups excluding carboxylic acids is 2. The summed E-state index contributed by atoms with van der Waals surface area (Å²) in [5, 5.41) is 0.766. The number of aryl methyl sites for hydroxylation is 1. The number of hydrogen-bond donors (Lipinski definition) is 0. The van der Waals surface area contributed by atoms with Crippen molar-refractivity contribution in [2.24, 2.45) is 4.47 Å². The molecule has 2 amide bonds. The lowest BCUT2D eigenvalue weighted by atomic mass is 10.1. The Bertz CT molecular complexity index is 891. The van der Waals surface area contributed by atoms with Crippen molar-refractivity contribution in [1.29, 1.82) is 0 Å². The van der Waals surface area contributed by atoms with Crippen LogP contribution in [0.2, 0.25) is 0 Å². The van der Waals surface area contributed by atoms with Crippen molar-refractivity contribution in [3.8, 4) is 0 Å². The number of benzene rings is 2. The maximum atomic E-state index is 13.4. The summed E-state index contributed by atoms with van der Waals surface area (Å²) in [7, 11) is -2.89. The number of imide groups is 1. The molecule has 2 aromatic carbocycles. The van der Waals surface area contributed by atoms with Gasteiger partial charge in [0.05, 0.1) is 20.9 Å². The second kappa shape index (κ2) is 6.20. The van der Waals surface area contributed by atoms with Crippen molar-refractivity contribution in [2.45, 2.75) is 25.2 Å². The fourth-order valence-electron chi connectivity index (χ4n) is 2.62. The van der Waals surface area contributed by atoms with Gasteiger partial charge in [-0.1, -0.05) is 36.8 Å². The highest BCUT2D eigenvalue weighted by atomic mass is 32.2. The second-order valence-corrected chi connectivity index (χ2v) is 8.03. The average molecular weight is 342 g/mol. The van der Waals surface area contributed by atoms with Crippen LogP contribution in [0.3, 0.4) is 0 Å². The van der Waals surface area contributed by atoms with Gasteiger partial charge in [-0.3, -0.25) is 9.59 Å². The third-order valence-electron chi connectivity index (χ3n) is 3.86. The summed E-state index contributed by atoms with van der Waals surface area (Å²) in [5.41, 5.74) is 1.64. The summed E-state index contributed by atoms with van der Waals surface area (Å²) in [5.74, 6) is -0.762. The van der Waals surface area contributed by atoms with E-state index in [-0.39, 0.29) is 5.75 Å². The van der Waals surface area contributed by atoms with Gasteiger partial charge in [0.25, 0.3) is 11.8 Å². The van der Waals surface area contributed by atoms with E-state index in [9.17, 15) is 13.8 Å². The summed E-state index contributed by atoms with van der Waals surface area (Å²) in [4.78, 5) is 25.5. The van der Waals surface area contributed by atoms with E-state index in [1.807, 2.05) is 26.0 Å². The first-order chi connectivity index (χ1) is 11.5. The third-order valence-corrected chi connectivity index (χ3v) is 6.25. The molecule has 1 unspecified atom stereocenters. The fraction of sp³-hybridized carbons (Fsp3) is 0.222. The van der Waals surface area contributed by atoms with Gasteiger partial charge in [0.1, 0.15) is 0 Å². The second-order valence-electron chi connectivity index (χ2n) is 5.71. The van der Waals surface area contributed by atoms with Gasteiger partial charge in [-0.05, 0) is 37.6 Å². The predicted octanol–water partition coefficient (Wildman–Crippen LogP) is 3.44. The molecule has 0 saturated heterocycles. The van der Waals surface area contributed by atoms with Crippen LogP contribution in [0.1, 0.15) is 39.6 Å². The van der Waals surface area contributed by atoms with Crippen molar-refractivity contribution < 1.29 is 13.8 Å². The van der Waals surface area contributed by atoms with Gasteiger partial charge in [0.2, 0.25) is 0 Å². The third kappa shape index (κ3) is 2.73. The first kappa shape index (κ1) is 16.4. The molecule has 0 saturated carbocycles. The molecule has 0 radical (unpaired) electrons. The molecule has 6 heteroatoms. The van der Waals surface area contributed by atoms with Crippen molar-refractivity contribution in [2.75, 3.05) is 5.75 Å². The highest BCUT2D eigenvalue weighted by Gasteiger charge is 2.36. The minimum absolute atomic E-state index is 0.281. The van der Waals surface area contributed by atoms with Crippen LogP contribution in [-0.4, -0.2) is 26.8 Å². The van der Waals surface area contributed by atoms with Gasteiger partial charge in [-0.15, -0.1) is 9.48 Å². The van der Waals surface area contributed by atoms with Crippen LogP contribution < -0.4 is 0 Å². The Morgan fingerprint density at radius 2 is 1.50 bits per heavy atom. The molecule has 124 valence electrons. The van der Waals surface area contributed by atoms with Crippen LogP contribution >= 0.6 is 0 Å². The first-order valence-electron chi connectivity index (χ1n) is 7.75. The molecule has 24 heavy (non-hydrogen) atoms. The highest BCUT2D eigenvalue weighted by Crippen LogP contribution is 2.25. The van der Waals surface area contributed by atoms with Gasteiger partial charge in [-0.2, -0.15) is 0 Å². The Balaban J connectivity index is 2.10. The average Bonchev–Trinajstić information content (AvgIpc) is 2.81. The van der Waals surface area contributed by atoms with Gasteiger partial charge in [-0.25, -0.2) is 4.21 Å². The first-order valence-corrected chi connectivity index (χ1v) is 9.44. The quantitative estimate of drug-likeness (QED) is 0.799. The predicted molar refractivity (Wildman–Crippen MR) is 92.1 cm³/mol. The minimum atomic E-state index is -2.89. The summed E-state index contributed by atoms with van der Waals surface area (Å²) < 4.78 is 17.5.